The molecule has 0 bridgehead atoms. The van der Waals surface area contributed by atoms with Crippen molar-refractivity contribution >= 4 is 59.4 Å². The molecule has 2 aromatic rings. The molecule has 6 heteroatoms. The first-order chi connectivity index (χ1) is 9.02. The Morgan fingerprint density at radius 3 is 2.47 bits per heavy atom. The van der Waals surface area contributed by atoms with Gasteiger partial charge in [0.1, 0.15) is 5.15 Å². The molecule has 0 atom stereocenters. The van der Waals surface area contributed by atoms with E-state index in [0.717, 1.165) is 37.5 Å². The van der Waals surface area contributed by atoms with E-state index in [1.54, 1.807) is 0 Å². The monoisotopic (exact) mass is 466 g/mol. The van der Waals surface area contributed by atoms with E-state index in [1.807, 2.05) is 18.2 Å². The summed E-state index contributed by atoms with van der Waals surface area (Å²) in [5.74, 6) is 0.643. The number of benzene rings is 1. The molecule has 0 aliphatic heterocycles. The highest BCUT2D eigenvalue weighted by Crippen LogP contribution is 2.31. The third-order valence-electron chi connectivity index (χ3n) is 2.54. The first-order valence-electron chi connectivity index (χ1n) is 5.70. The summed E-state index contributed by atoms with van der Waals surface area (Å²) in [5.41, 5.74) is 1.87. The van der Waals surface area contributed by atoms with Gasteiger partial charge < -0.3 is 0 Å². The van der Waals surface area contributed by atoms with Crippen LogP contribution in [0, 0.1) is 0 Å². The van der Waals surface area contributed by atoms with E-state index in [2.05, 4.69) is 64.7 Å². The van der Waals surface area contributed by atoms with Crippen molar-refractivity contribution in [3.63, 3.8) is 0 Å². The summed E-state index contributed by atoms with van der Waals surface area (Å²) in [5, 5.41) is 0.451. The van der Waals surface area contributed by atoms with Crippen molar-refractivity contribution in [2.24, 2.45) is 0 Å². The molecule has 0 amide bonds. The maximum absolute atomic E-state index is 6.16. The van der Waals surface area contributed by atoms with E-state index in [0.29, 0.717) is 11.0 Å². The average molecular weight is 469 g/mol. The fourth-order valence-corrected chi connectivity index (χ4v) is 2.82. The molecule has 1 aromatic heterocycles. The Bertz CT molecular complexity index is 617. The molecule has 0 saturated heterocycles. The lowest BCUT2D eigenvalue weighted by Gasteiger charge is -2.08. The van der Waals surface area contributed by atoms with Crippen molar-refractivity contribution in [1.29, 1.82) is 0 Å². The van der Waals surface area contributed by atoms with E-state index in [-0.39, 0.29) is 0 Å². The molecular formula is C13H10Br3ClN2. The molecule has 0 fully saturated rings. The van der Waals surface area contributed by atoms with E-state index < -0.39 is 0 Å². The van der Waals surface area contributed by atoms with Crippen molar-refractivity contribution in [1.82, 2.24) is 9.97 Å². The van der Waals surface area contributed by atoms with E-state index in [4.69, 9.17) is 11.6 Å². The minimum absolute atomic E-state index is 0.451. The van der Waals surface area contributed by atoms with Gasteiger partial charge in [-0.2, -0.15) is 0 Å². The van der Waals surface area contributed by atoms with Crippen LogP contribution in [0.15, 0.2) is 31.6 Å². The number of aromatic nitrogens is 2. The first-order valence-corrected chi connectivity index (χ1v) is 8.46. The molecular weight excluding hydrogens is 459 g/mol. The number of hydrogen-bond donors (Lipinski definition) is 0. The average Bonchev–Trinajstić information content (AvgIpc) is 2.38. The second kappa shape index (κ2) is 6.66. The van der Waals surface area contributed by atoms with Gasteiger partial charge in [0.15, 0.2) is 5.82 Å². The van der Waals surface area contributed by atoms with Gasteiger partial charge in [0, 0.05) is 14.5 Å². The summed E-state index contributed by atoms with van der Waals surface area (Å²) >= 11 is 16.5. The number of aryl methyl sites for hydroxylation is 1. The lowest BCUT2D eigenvalue weighted by molar-refractivity contribution is 0.868. The summed E-state index contributed by atoms with van der Waals surface area (Å²) in [6.45, 7) is 2.11. The van der Waals surface area contributed by atoms with Crippen molar-refractivity contribution in [3.8, 4) is 11.4 Å². The maximum atomic E-state index is 6.16. The minimum Gasteiger partial charge on any atom is -0.232 e. The molecule has 0 saturated carbocycles. The van der Waals surface area contributed by atoms with Crippen molar-refractivity contribution in [2.75, 3.05) is 0 Å². The number of hydrogen-bond acceptors (Lipinski definition) is 2. The van der Waals surface area contributed by atoms with Crippen LogP contribution in [0.25, 0.3) is 11.4 Å². The van der Waals surface area contributed by atoms with Gasteiger partial charge in [0.25, 0.3) is 0 Å². The van der Waals surface area contributed by atoms with E-state index in [1.165, 1.54) is 0 Å². The molecule has 0 spiro atoms. The Balaban J connectivity index is 2.52. The Morgan fingerprint density at radius 2 is 1.84 bits per heavy atom. The Labute approximate surface area is 142 Å². The van der Waals surface area contributed by atoms with Crippen LogP contribution in [0.4, 0.5) is 0 Å². The van der Waals surface area contributed by atoms with Crippen LogP contribution >= 0.6 is 59.4 Å². The topological polar surface area (TPSA) is 25.8 Å². The Hall–Kier alpha value is 0.0300. The smallest absolute Gasteiger partial charge is 0.161 e. The van der Waals surface area contributed by atoms with E-state index >= 15 is 0 Å². The SMILES string of the molecule is CCCc1nc(-c2ccc(Br)c(Br)c2)nc(Cl)c1Br. The van der Waals surface area contributed by atoms with Gasteiger partial charge in [-0.15, -0.1) is 0 Å². The number of nitrogens with zero attached hydrogens (tertiary/aromatic N) is 2. The van der Waals surface area contributed by atoms with Crippen LogP contribution in [0.2, 0.25) is 5.15 Å². The molecule has 0 aliphatic carbocycles. The normalized spacial score (nSPS) is 10.8. The van der Waals surface area contributed by atoms with Crippen molar-refractivity contribution < 1.29 is 0 Å². The summed E-state index contributed by atoms with van der Waals surface area (Å²) in [6.07, 6.45) is 1.88. The second-order valence-electron chi connectivity index (χ2n) is 3.98. The fraction of sp³-hybridized carbons (Fsp3) is 0.231. The fourth-order valence-electron chi connectivity index (χ4n) is 1.63. The molecule has 1 aromatic carbocycles. The lowest BCUT2D eigenvalue weighted by atomic mass is 10.2. The molecule has 100 valence electrons. The van der Waals surface area contributed by atoms with Crippen LogP contribution in [-0.2, 0) is 6.42 Å². The molecule has 0 unspecified atom stereocenters. The third-order valence-corrected chi connectivity index (χ3v) is 5.76. The van der Waals surface area contributed by atoms with E-state index in [9.17, 15) is 0 Å². The molecule has 1 heterocycles. The largest absolute Gasteiger partial charge is 0.232 e. The zero-order chi connectivity index (χ0) is 14.0. The lowest BCUT2D eigenvalue weighted by Crippen LogP contribution is -1.98. The highest BCUT2D eigenvalue weighted by atomic mass is 79.9. The maximum Gasteiger partial charge on any atom is 0.161 e. The van der Waals surface area contributed by atoms with Gasteiger partial charge in [-0.25, -0.2) is 9.97 Å². The highest BCUT2D eigenvalue weighted by Gasteiger charge is 2.12. The quantitative estimate of drug-likeness (QED) is 0.513. The summed E-state index contributed by atoms with van der Waals surface area (Å²) in [6, 6.07) is 5.89. The molecule has 19 heavy (non-hydrogen) atoms. The number of rotatable bonds is 3. The third kappa shape index (κ3) is 3.57. The van der Waals surface area contributed by atoms with Gasteiger partial charge in [0.2, 0.25) is 0 Å². The molecule has 2 rings (SSSR count). The summed E-state index contributed by atoms with van der Waals surface area (Å²) in [7, 11) is 0. The summed E-state index contributed by atoms with van der Waals surface area (Å²) in [4.78, 5) is 8.91. The van der Waals surface area contributed by atoms with Gasteiger partial charge in [-0.05, 0) is 72.4 Å². The van der Waals surface area contributed by atoms with Crippen molar-refractivity contribution in [2.45, 2.75) is 19.8 Å². The molecule has 0 aliphatic rings. The summed E-state index contributed by atoms with van der Waals surface area (Å²) < 4.78 is 2.74. The Morgan fingerprint density at radius 1 is 1.11 bits per heavy atom. The predicted molar refractivity (Wildman–Crippen MR) is 89.6 cm³/mol. The zero-order valence-electron chi connectivity index (χ0n) is 10.1. The van der Waals surface area contributed by atoms with Gasteiger partial charge >= 0.3 is 0 Å². The van der Waals surface area contributed by atoms with Crippen LogP contribution in [0.1, 0.15) is 19.0 Å². The Kier molecular flexibility index (Phi) is 5.40. The predicted octanol–water partition coefficient (Wildman–Crippen LogP) is 6.04. The van der Waals surface area contributed by atoms with Crippen LogP contribution in [0.3, 0.4) is 0 Å². The molecule has 0 N–H and O–H groups in total. The first kappa shape index (κ1) is 15.4. The second-order valence-corrected chi connectivity index (χ2v) is 6.84. The van der Waals surface area contributed by atoms with Crippen molar-refractivity contribution in [3.05, 3.63) is 42.5 Å². The van der Waals surface area contributed by atoms with Gasteiger partial charge in [-0.1, -0.05) is 24.9 Å². The highest BCUT2D eigenvalue weighted by molar-refractivity contribution is 9.13. The minimum atomic E-state index is 0.451. The van der Waals surface area contributed by atoms with Gasteiger partial charge in [-0.3, -0.25) is 0 Å². The molecule has 0 radical (unpaired) electrons. The zero-order valence-corrected chi connectivity index (χ0v) is 15.6. The standard InChI is InChI=1S/C13H10Br3ClN2/c1-2-3-10-11(16)12(17)19-13(18-10)7-4-5-8(14)9(15)6-7/h4-6H,2-3H2,1H3. The van der Waals surface area contributed by atoms with Crippen LogP contribution in [-0.4, -0.2) is 9.97 Å². The number of halogens is 4. The van der Waals surface area contributed by atoms with Gasteiger partial charge in [0.05, 0.1) is 10.2 Å². The van der Waals surface area contributed by atoms with Crippen LogP contribution < -0.4 is 0 Å². The van der Waals surface area contributed by atoms with Crippen LogP contribution in [0.5, 0.6) is 0 Å². The molecule has 2 nitrogen and oxygen atoms in total.